The fourth-order valence-corrected chi connectivity index (χ4v) is 2.75. The molecule has 0 unspecified atom stereocenters. The fraction of sp³-hybridized carbons (Fsp3) is 0.353. The molecule has 0 aliphatic carbocycles. The molecule has 0 radical (unpaired) electrons. The first-order chi connectivity index (χ1) is 10.1. The van der Waals surface area contributed by atoms with Gasteiger partial charge in [-0.15, -0.1) is 11.8 Å². The van der Waals surface area contributed by atoms with Crippen LogP contribution in [0.3, 0.4) is 0 Å². The van der Waals surface area contributed by atoms with Crippen molar-refractivity contribution in [1.29, 1.82) is 0 Å². The van der Waals surface area contributed by atoms with Crippen molar-refractivity contribution in [2.75, 3.05) is 5.75 Å². The average molecular weight is 304 g/mol. The maximum atomic E-state index is 12.2. The molecule has 21 heavy (non-hydrogen) atoms. The molecule has 0 atom stereocenters. The van der Waals surface area contributed by atoms with E-state index >= 15 is 0 Å². The Kier molecular flexibility index (Phi) is 5.51. The lowest BCUT2D eigenvalue weighted by atomic mass is 10.1. The minimum atomic E-state index is 0.130. The van der Waals surface area contributed by atoms with Gasteiger partial charge in [-0.05, 0) is 56.7 Å². The van der Waals surface area contributed by atoms with Crippen LogP contribution in [0, 0.1) is 6.92 Å². The van der Waals surface area contributed by atoms with Gasteiger partial charge in [-0.1, -0.05) is 0 Å². The molecule has 0 saturated carbocycles. The van der Waals surface area contributed by atoms with Gasteiger partial charge in [0, 0.05) is 5.56 Å². The Labute approximate surface area is 129 Å². The summed E-state index contributed by atoms with van der Waals surface area (Å²) in [5, 5.41) is 0. The van der Waals surface area contributed by atoms with Crippen LogP contribution in [0.5, 0.6) is 5.75 Å². The number of hydrogen-bond donors (Lipinski definition) is 0. The second kappa shape index (κ2) is 7.36. The molecule has 0 bridgehead atoms. The molecule has 0 saturated heterocycles. The second-order valence-electron chi connectivity index (χ2n) is 5.14. The van der Waals surface area contributed by atoms with Crippen LogP contribution in [-0.4, -0.2) is 17.6 Å². The van der Waals surface area contributed by atoms with Crippen LogP contribution in [0.1, 0.15) is 35.5 Å². The van der Waals surface area contributed by atoms with E-state index in [-0.39, 0.29) is 11.9 Å². The topological polar surface area (TPSA) is 39.4 Å². The summed E-state index contributed by atoms with van der Waals surface area (Å²) in [4.78, 5) is 12.2. The van der Waals surface area contributed by atoms with Crippen LogP contribution in [0.4, 0.5) is 0 Å². The number of rotatable bonds is 7. The zero-order valence-electron chi connectivity index (χ0n) is 12.6. The first-order valence-electron chi connectivity index (χ1n) is 6.97. The largest absolute Gasteiger partial charge is 0.491 e. The van der Waals surface area contributed by atoms with Crippen molar-refractivity contribution in [3.63, 3.8) is 0 Å². The molecule has 0 amide bonds. The number of benzene rings is 1. The normalized spacial score (nSPS) is 10.9. The summed E-state index contributed by atoms with van der Waals surface area (Å²) in [5.74, 6) is 3.02. The van der Waals surface area contributed by atoms with Crippen LogP contribution < -0.4 is 4.74 Å². The van der Waals surface area contributed by atoms with Crippen molar-refractivity contribution < 1.29 is 13.9 Å². The quantitative estimate of drug-likeness (QED) is 0.706. The van der Waals surface area contributed by atoms with Gasteiger partial charge >= 0.3 is 0 Å². The summed E-state index contributed by atoms with van der Waals surface area (Å²) in [6.45, 7) is 5.94. The number of ketones is 1. The van der Waals surface area contributed by atoms with Gasteiger partial charge in [-0.2, -0.15) is 0 Å². The van der Waals surface area contributed by atoms with E-state index in [4.69, 9.17) is 9.15 Å². The van der Waals surface area contributed by atoms with Crippen LogP contribution in [0.2, 0.25) is 0 Å². The lowest BCUT2D eigenvalue weighted by Crippen LogP contribution is -2.08. The van der Waals surface area contributed by atoms with Crippen molar-refractivity contribution in [2.24, 2.45) is 0 Å². The second-order valence-corrected chi connectivity index (χ2v) is 6.13. The predicted molar refractivity (Wildman–Crippen MR) is 86.1 cm³/mol. The Bertz CT molecular complexity index is 588. The number of furan rings is 1. The molecule has 1 aromatic heterocycles. The Hall–Kier alpha value is -1.68. The van der Waals surface area contributed by atoms with Gasteiger partial charge in [0.15, 0.2) is 5.78 Å². The van der Waals surface area contributed by atoms with E-state index in [1.807, 2.05) is 51.1 Å². The first-order valence-corrected chi connectivity index (χ1v) is 8.12. The van der Waals surface area contributed by atoms with E-state index in [0.29, 0.717) is 11.5 Å². The van der Waals surface area contributed by atoms with Gasteiger partial charge in [-0.25, -0.2) is 0 Å². The molecule has 0 aliphatic rings. The minimum absolute atomic E-state index is 0.130. The molecule has 1 aromatic carbocycles. The van der Waals surface area contributed by atoms with Crippen molar-refractivity contribution in [1.82, 2.24) is 0 Å². The van der Waals surface area contributed by atoms with E-state index < -0.39 is 0 Å². The standard InChI is InChI=1S/C17H20O3S/c1-12(2)20-17-7-6-14(9-13(17)3)16(18)11-21-10-15-5-4-8-19-15/h4-9,12H,10-11H2,1-3H3. The number of thioether (sulfide) groups is 1. The molecule has 112 valence electrons. The SMILES string of the molecule is Cc1cc(C(=O)CSCc2ccco2)ccc1OC(C)C. The summed E-state index contributed by atoms with van der Waals surface area (Å²) in [5.41, 5.74) is 1.72. The Morgan fingerprint density at radius 3 is 2.76 bits per heavy atom. The minimum Gasteiger partial charge on any atom is -0.491 e. The van der Waals surface area contributed by atoms with Crippen molar-refractivity contribution in [2.45, 2.75) is 32.6 Å². The highest BCUT2D eigenvalue weighted by Gasteiger charge is 2.10. The number of aryl methyl sites for hydroxylation is 1. The summed E-state index contributed by atoms with van der Waals surface area (Å²) in [7, 11) is 0. The summed E-state index contributed by atoms with van der Waals surface area (Å²) in [6.07, 6.45) is 1.78. The summed E-state index contributed by atoms with van der Waals surface area (Å²) < 4.78 is 10.9. The van der Waals surface area contributed by atoms with E-state index in [9.17, 15) is 4.79 Å². The lowest BCUT2D eigenvalue weighted by Gasteiger charge is -2.13. The first kappa shape index (κ1) is 15.7. The molecule has 0 aliphatic heterocycles. The third-order valence-corrected chi connectivity index (χ3v) is 3.87. The van der Waals surface area contributed by atoms with Crippen LogP contribution in [-0.2, 0) is 5.75 Å². The van der Waals surface area contributed by atoms with Crippen LogP contribution in [0.15, 0.2) is 41.0 Å². The van der Waals surface area contributed by atoms with E-state index in [2.05, 4.69) is 0 Å². The number of carbonyl (C=O) groups excluding carboxylic acids is 1. The number of ether oxygens (including phenoxy) is 1. The highest BCUT2D eigenvalue weighted by molar-refractivity contribution is 7.99. The van der Waals surface area contributed by atoms with Gasteiger partial charge in [0.05, 0.1) is 23.9 Å². The highest BCUT2D eigenvalue weighted by Crippen LogP contribution is 2.22. The van der Waals surface area contributed by atoms with E-state index in [0.717, 1.165) is 22.6 Å². The third kappa shape index (κ3) is 4.67. The maximum Gasteiger partial charge on any atom is 0.172 e. The van der Waals surface area contributed by atoms with Gasteiger partial charge in [0.1, 0.15) is 11.5 Å². The van der Waals surface area contributed by atoms with Gasteiger partial charge in [-0.3, -0.25) is 4.79 Å². The monoisotopic (exact) mass is 304 g/mol. The zero-order chi connectivity index (χ0) is 15.2. The Morgan fingerprint density at radius 1 is 1.33 bits per heavy atom. The molecule has 0 spiro atoms. The van der Waals surface area contributed by atoms with Crippen molar-refractivity contribution in [3.05, 3.63) is 53.5 Å². The molecule has 2 rings (SSSR count). The fourth-order valence-electron chi connectivity index (χ4n) is 1.93. The predicted octanol–water partition coefficient (Wildman–Crippen LogP) is 4.49. The molecular weight excluding hydrogens is 284 g/mol. The van der Waals surface area contributed by atoms with Crippen molar-refractivity contribution in [3.8, 4) is 5.75 Å². The molecular formula is C17H20O3S. The van der Waals surface area contributed by atoms with E-state index in [1.54, 1.807) is 18.0 Å². The van der Waals surface area contributed by atoms with Crippen molar-refractivity contribution >= 4 is 17.5 Å². The molecule has 1 heterocycles. The number of hydrogen-bond acceptors (Lipinski definition) is 4. The Morgan fingerprint density at radius 2 is 2.14 bits per heavy atom. The molecule has 0 fully saturated rings. The lowest BCUT2D eigenvalue weighted by molar-refractivity contribution is 0.102. The smallest absolute Gasteiger partial charge is 0.172 e. The maximum absolute atomic E-state index is 12.2. The highest BCUT2D eigenvalue weighted by atomic mass is 32.2. The number of carbonyl (C=O) groups is 1. The van der Waals surface area contributed by atoms with Crippen LogP contribution >= 0.6 is 11.8 Å². The third-order valence-electron chi connectivity index (χ3n) is 2.92. The van der Waals surface area contributed by atoms with Crippen LogP contribution in [0.25, 0.3) is 0 Å². The molecule has 4 heteroatoms. The molecule has 2 aromatic rings. The summed E-state index contributed by atoms with van der Waals surface area (Å²) in [6, 6.07) is 9.38. The zero-order valence-corrected chi connectivity index (χ0v) is 13.4. The van der Waals surface area contributed by atoms with Gasteiger partial charge in [0.25, 0.3) is 0 Å². The Balaban J connectivity index is 1.91. The summed E-state index contributed by atoms with van der Waals surface area (Å²) >= 11 is 1.56. The van der Waals surface area contributed by atoms with Gasteiger partial charge in [0.2, 0.25) is 0 Å². The van der Waals surface area contributed by atoms with E-state index in [1.165, 1.54) is 0 Å². The average Bonchev–Trinajstić information content (AvgIpc) is 2.93. The van der Waals surface area contributed by atoms with Gasteiger partial charge < -0.3 is 9.15 Å². The molecule has 3 nitrogen and oxygen atoms in total. The number of Topliss-reactive ketones (excluding diaryl/α,β-unsaturated/α-hetero) is 1. The molecule has 0 N–H and O–H groups in total.